The monoisotopic (exact) mass is 378 g/mol. The first-order valence-corrected chi connectivity index (χ1v) is 10.5. The maximum Gasteiger partial charge on any atom is 0.164 e. The molecule has 0 saturated heterocycles. The molecule has 1 aliphatic rings. The van der Waals surface area contributed by atoms with Crippen molar-refractivity contribution >= 4 is 38.7 Å². The third-order valence-electron chi connectivity index (χ3n) is 4.83. The van der Waals surface area contributed by atoms with E-state index in [-0.39, 0.29) is 0 Å². The Bertz CT molecular complexity index is 1050. The van der Waals surface area contributed by atoms with Crippen molar-refractivity contribution < 1.29 is 0 Å². The molecule has 4 aromatic heterocycles. The van der Waals surface area contributed by atoms with Gasteiger partial charge in [-0.3, -0.25) is 4.98 Å². The smallest absolute Gasteiger partial charge is 0.164 e. The summed E-state index contributed by atoms with van der Waals surface area (Å²) in [5, 5.41) is 5.59. The summed E-state index contributed by atoms with van der Waals surface area (Å²) in [5.74, 6) is 1.80. The van der Waals surface area contributed by atoms with E-state index in [1.165, 1.54) is 34.2 Å². The average molecular weight is 379 g/mol. The molecule has 0 saturated carbocycles. The van der Waals surface area contributed by atoms with E-state index < -0.39 is 0 Å². The van der Waals surface area contributed by atoms with Gasteiger partial charge in [0, 0.05) is 36.4 Å². The van der Waals surface area contributed by atoms with Crippen molar-refractivity contribution in [3.05, 3.63) is 57.4 Å². The molecule has 0 bridgehead atoms. The van der Waals surface area contributed by atoms with Crippen molar-refractivity contribution in [3.63, 3.8) is 0 Å². The second-order valence-corrected chi connectivity index (χ2v) is 8.50. The van der Waals surface area contributed by atoms with Crippen LogP contribution < -0.4 is 4.90 Å². The molecule has 4 aromatic rings. The number of aromatic nitrogens is 3. The lowest BCUT2D eigenvalue weighted by Crippen LogP contribution is -2.18. The zero-order valence-corrected chi connectivity index (χ0v) is 16.1. The highest BCUT2D eigenvalue weighted by Gasteiger charge is 2.24. The van der Waals surface area contributed by atoms with Gasteiger partial charge in [0.25, 0.3) is 0 Å². The van der Waals surface area contributed by atoms with E-state index in [0.717, 1.165) is 35.0 Å². The fourth-order valence-electron chi connectivity index (χ4n) is 3.61. The highest BCUT2D eigenvalue weighted by atomic mass is 32.1. The minimum absolute atomic E-state index is 0.762. The first-order chi connectivity index (χ1) is 12.8. The molecule has 1 aliphatic carbocycles. The summed E-state index contributed by atoms with van der Waals surface area (Å²) in [5.41, 5.74) is 3.75. The number of anilines is 1. The van der Waals surface area contributed by atoms with Gasteiger partial charge < -0.3 is 4.90 Å². The number of nitrogens with zero attached hydrogens (tertiary/aromatic N) is 4. The van der Waals surface area contributed by atoms with Gasteiger partial charge in [0.05, 0.1) is 5.39 Å². The summed E-state index contributed by atoms with van der Waals surface area (Å²) in [6.07, 6.45) is 7.18. The molecule has 130 valence electrons. The molecule has 0 radical (unpaired) electrons. The average Bonchev–Trinajstić information content (AvgIpc) is 3.38. The minimum atomic E-state index is 0.762. The molecule has 0 atom stereocenters. The van der Waals surface area contributed by atoms with Gasteiger partial charge in [-0.2, -0.15) is 11.3 Å². The van der Waals surface area contributed by atoms with Crippen molar-refractivity contribution in [2.45, 2.75) is 25.8 Å². The molecule has 0 unspecified atom stereocenters. The largest absolute Gasteiger partial charge is 0.355 e. The molecule has 6 heteroatoms. The Morgan fingerprint density at radius 2 is 2.15 bits per heavy atom. The van der Waals surface area contributed by atoms with E-state index in [0.29, 0.717) is 0 Å². The van der Waals surface area contributed by atoms with Gasteiger partial charge in [0.15, 0.2) is 5.82 Å². The molecule has 4 heterocycles. The van der Waals surface area contributed by atoms with Crippen molar-refractivity contribution in [2.24, 2.45) is 0 Å². The van der Waals surface area contributed by atoms with Crippen LogP contribution in [0.5, 0.6) is 0 Å². The summed E-state index contributed by atoms with van der Waals surface area (Å²) in [6, 6.07) is 6.14. The van der Waals surface area contributed by atoms with Crippen LogP contribution in [0.1, 0.15) is 22.4 Å². The number of aryl methyl sites for hydroxylation is 2. The van der Waals surface area contributed by atoms with Crippen LogP contribution in [-0.4, -0.2) is 22.0 Å². The van der Waals surface area contributed by atoms with E-state index in [2.05, 4.69) is 33.8 Å². The molecule has 5 rings (SSSR count). The first-order valence-electron chi connectivity index (χ1n) is 8.74. The second kappa shape index (κ2) is 6.45. The van der Waals surface area contributed by atoms with E-state index in [1.807, 2.05) is 29.7 Å². The molecule has 4 nitrogen and oxygen atoms in total. The SMILES string of the molecule is CN(Cc1ccsc1)c1nc(-c2cccnc2)nc2sc3c(c12)CCC3. The third-order valence-corrected chi connectivity index (χ3v) is 6.74. The predicted molar refractivity (Wildman–Crippen MR) is 109 cm³/mol. The fourth-order valence-corrected chi connectivity index (χ4v) is 5.52. The molecular formula is C20H18N4S2. The molecule has 26 heavy (non-hydrogen) atoms. The van der Waals surface area contributed by atoms with Crippen LogP contribution in [0, 0.1) is 0 Å². The van der Waals surface area contributed by atoms with Gasteiger partial charge in [0.1, 0.15) is 10.6 Å². The van der Waals surface area contributed by atoms with E-state index >= 15 is 0 Å². The van der Waals surface area contributed by atoms with Gasteiger partial charge in [-0.15, -0.1) is 11.3 Å². The Labute approximate surface area is 160 Å². The third kappa shape index (κ3) is 2.70. The van der Waals surface area contributed by atoms with Crippen LogP contribution in [0.15, 0.2) is 41.4 Å². The van der Waals surface area contributed by atoms with Crippen molar-refractivity contribution in [1.29, 1.82) is 0 Å². The molecule has 0 amide bonds. The van der Waals surface area contributed by atoms with Crippen LogP contribution in [-0.2, 0) is 19.4 Å². The molecular weight excluding hydrogens is 360 g/mol. The van der Waals surface area contributed by atoms with Crippen LogP contribution in [0.4, 0.5) is 5.82 Å². The molecule has 0 aliphatic heterocycles. The molecule has 0 aromatic carbocycles. The number of hydrogen-bond donors (Lipinski definition) is 0. The van der Waals surface area contributed by atoms with Crippen LogP contribution in [0.25, 0.3) is 21.6 Å². The summed E-state index contributed by atoms with van der Waals surface area (Å²) in [4.78, 5) is 19.0. The Morgan fingerprint density at radius 3 is 2.96 bits per heavy atom. The predicted octanol–water partition coefficient (Wildman–Crippen LogP) is 4.94. The zero-order valence-electron chi connectivity index (χ0n) is 14.5. The summed E-state index contributed by atoms with van der Waals surface area (Å²) in [7, 11) is 2.13. The summed E-state index contributed by atoms with van der Waals surface area (Å²) >= 11 is 3.58. The highest BCUT2D eigenvalue weighted by molar-refractivity contribution is 7.19. The Kier molecular flexibility index (Phi) is 3.94. The van der Waals surface area contributed by atoms with Crippen molar-refractivity contribution in [3.8, 4) is 11.4 Å². The van der Waals surface area contributed by atoms with E-state index in [4.69, 9.17) is 9.97 Å². The van der Waals surface area contributed by atoms with Gasteiger partial charge in [0.2, 0.25) is 0 Å². The number of fused-ring (bicyclic) bond motifs is 3. The lowest BCUT2D eigenvalue weighted by atomic mass is 10.1. The summed E-state index contributed by atoms with van der Waals surface area (Å²) in [6.45, 7) is 0.854. The zero-order chi connectivity index (χ0) is 17.5. The van der Waals surface area contributed by atoms with Crippen molar-refractivity contribution in [1.82, 2.24) is 15.0 Å². The van der Waals surface area contributed by atoms with Crippen LogP contribution in [0.3, 0.4) is 0 Å². The maximum absolute atomic E-state index is 4.99. The molecule has 0 spiro atoms. The quantitative estimate of drug-likeness (QED) is 0.504. The number of thiophene rings is 2. The topological polar surface area (TPSA) is 41.9 Å². The fraction of sp³-hybridized carbons (Fsp3) is 0.250. The summed E-state index contributed by atoms with van der Waals surface area (Å²) < 4.78 is 0. The van der Waals surface area contributed by atoms with E-state index in [1.54, 1.807) is 17.5 Å². The van der Waals surface area contributed by atoms with Crippen LogP contribution >= 0.6 is 22.7 Å². The van der Waals surface area contributed by atoms with Crippen LogP contribution in [0.2, 0.25) is 0 Å². The minimum Gasteiger partial charge on any atom is -0.355 e. The first kappa shape index (κ1) is 15.9. The number of rotatable bonds is 4. The van der Waals surface area contributed by atoms with Crippen molar-refractivity contribution in [2.75, 3.05) is 11.9 Å². The lowest BCUT2D eigenvalue weighted by molar-refractivity contribution is 0.899. The van der Waals surface area contributed by atoms with Gasteiger partial charge in [-0.05, 0) is 59.3 Å². The van der Waals surface area contributed by atoms with Gasteiger partial charge in [-0.1, -0.05) is 0 Å². The Hall–Kier alpha value is -2.31. The lowest BCUT2D eigenvalue weighted by Gasteiger charge is -2.20. The number of pyridine rings is 1. The van der Waals surface area contributed by atoms with Gasteiger partial charge >= 0.3 is 0 Å². The maximum atomic E-state index is 4.99. The molecule has 0 N–H and O–H groups in total. The Morgan fingerprint density at radius 1 is 1.19 bits per heavy atom. The van der Waals surface area contributed by atoms with E-state index in [9.17, 15) is 0 Å². The number of hydrogen-bond acceptors (Lipinski definition) is 6. The van der Waals surface area contributed by atoms with Gasteiger partial charge in [-0.25, -0.2) is 9.97 Å². The highest BCUT2D eigenvalue weighted by Crippen LogP contribution is 2.41. The second-order valence-electron chi connectivity index (χ2n) is 6.64. The Balaban J connectivity index is 1.68. The normalized spacial score (nSPS) is 13.3. The standard InChI is InChI=1S/C20H18N4S2/c1-24(11-13-7-9-25-12-13)19-17-15-5-2-6-16(15)26-20(17)23-18(22-19)14-4-3-8-21-10-14/h3-4,7-10,12H,2,5-6,11H2,1H3. The molecule has 0 fully saturated rings.